The lowest BCUT2D eigenvalue weighted by atomic mass is 9.91. The van der Waals surface area contributed by atoms with Gasteiger partial charge in [-0.3, -0.25) is 14.6 Å². The van der Waals surface area contributed by atoms with E-state index in [1.165, 1.54) is 13.1 Å². The van der Waals surface area contributed by atoms with E-state index in [9.17, 15) is 14.7 Å². The first kappa shape index (κ1) is 31.4. The molecule has 4 atom stereocenters. The summed E-state index contributed by atoms with van der Waals surface area (Å²) in [6, 6.07) is 30.4. The maximum absolute atomic E-state index is 12.9. The minimum Gasteiger partial charge on any atom is -0.392 e. The second-order valence-corrected chi connectivity index (χ2v) is 12.3. The summed E-state index contributed by atoms with van der Waals surface area (Å²) >= 11 is 1.68. The van der Waals surface area contributed by atoms with Crippen LogP contribution in [0.3, 0.4) is 0 Å². The maximum atomic E-state index is 12.9. The Morgan fingerprint density at radius 3 is 2.17 bits per heavy atom. The van der Waals surface area contributed by atoms with E-state index in [-0.39, 0.29) is 42.2 Å². The number of carbonyl (C=O) groups is 2. The number of aliphatic hydroxyl groups excluding tert-OH is 1. The third-order valence-electron chi connectivity index (χ3n) is 7.83. The summed E-state index contributed by atoms with van der Waals surface area (Å²) in [5.74, 6) is 0.262. The van der Waals surface area contributed by atoms with Gasteiger partial charge in [0.05, 0.1) is 36.0 Å². The first-order valence-corrected chi connectivity index (χ1v) is 16.0. The molecule has 4 aromatic carbocycles. The van der Waals surface area contributed by atoms with Crippen molar-refractivity contribution >= 4 is 46.0 Å². The van der Waals surface area contributed by atoms with Crippen molar-refractivity contribution in [1.29, 1.82) is 0 Å². The molecule has 10 heteroatoms. The molecule has 0 radical (unpaired) electrons. The van der Waals surface area contributed by atoms with Crippen LogP contribution >= 0.6 is 11.8 Å². The second-order valence-electron chi connectivity index (χ2n) is 11.2. The topological polar surface area (TPSA) is 123 Å². The quantitative estimate of drug-likeness (QED) is 0.150. The van der Waals surface area contributed by atoms with Crippen LogP contribution < -0.4 is 10.6 Å². The van der Waals surface area contributed by atoms with E-state index in [4.69, 9.17) is 9.47 Å². The Morgan fingerprint density at radius 2 is 1.48 bits per heavy atom. The van der Waals surface area contributed by atoms with E-state index >= 15 is 0 Å². The van der Waals surface area contributed by atoms with Crippen LogP contribution in [-0.4, -0.2) is 38.7 Å². The predicted octanol–water partition coefficient (Wildman–Crippen LogP) is 6.92. The molecule has 0 aliphatic carbocycles. The number of aromatic nitrogens is 2. The Bertz CT molecular complexity index is 1820. The molecule has 234 valence electrons. The van der Waals surface area contributed by atoms with Crippen LogP contribution in [0.5, 0.6) is 0 Å². The SMILES string of the molecule is CC(=O)Nc1ccc(SCC2OC(c3ccc(NC(=O)c4cnc5ccccc5n4)cc3)OC(c3ccc(CO)cc3)C2C)cc1. The fourth-order valence-electron chi connectivity index (χ4n) is 5.31. The number of rotatable bonds is 9. The zero-order valence-corrected chi connectivity index (χ0v) is 26.2. The van der Waals surface area contributed by atoms with E-state index in [0.717, 1.165) is 32.8 Å². The van der Waals surface area contributed by atoms with E-state index in [2.05, 4.69) is 27.5 Å². The minimum atomic E-state index is -0.637. The standard InChI is InChI=1S/C36H34N4O5S/c1-22-33(21-46-29-17-15-27(16-18-29)38-23(2)42)44-36(45-34(22)25-9-7-24(20-41)8-10-25)26-11-13-28(14-12-26)39-35(43)32-19-37-30-5-3-4-6-31(30)40-32/h3-19,22,33-34,36,41H,20-21H2,1-2H3,(H,38,42)(H,39,43). The summed E-state index contributed by atoms with van der Waals surface area (Å²) in [4.78, 5) is 34.1. The number of fused-ring (bicyclic) bond motifs is 1. The molecule has 6 rings (SSSR count). The normalized spacial score (nSPS) is 19.5. The molecular formula is C36H34N4O5S. The van der Waals surface area contributed by atoms with Crippen LogP contribution in [0.1, 0.15) is 53.4 Å². The summed E-state index contributed by atoms with van der Waals surface area (Å²) in [6.07, 6.45) is 0.444. The van der Waals surface area contributed by atoms with Gasteiger partial charge in [-0.05, 0) is 59.7 Å². The van der Waals surface area contributed by atoms with E-state index in [1.54, 1.807) is 11.8 Å². The van der Waals surface area contributed by atoms with Crippen molar-refractivity contribution in [3.63, 3.8) is 0 Å². The Hall–Kier alpha value is -4.61. The van der Waals surface area contributed by atoms with Crippen LogP contribution in [0.2, 0.25) is 0 Å². The lowest BCUT2D eigenvalue weighted by Gasteiger charge is -2.41. The third kappa shape index (κ3) is 7.43. The number of nitrogens with zero attached hydrogens (tertiary/aromatic N) is 2. The van der Waals surface area contributed by atoms with E-state index < -0.39 is 6.29 Å². The van der Waals surface area contributed by atoms with Gasteiger partial charge in [-0.15, -0.1) is 11.8 Å². The average Bonchev–Trinajstić information content (AvgIpc) is 3.08. The van der Waals surface area contributed by atoms with Crippen molar-refractivity contribution in [2.24, 2.45) is 5.92 Å². The highest BCUT2D eigenvalue weighted by molar-refractivity contribution is 7.99. The molecule has 9 nitrogen and oxygen atoms in total. The largest absolute Gasteiger partial charge is 0.392 e. The van der Waals surface area contributed by atoms with Gasteiger partial charge in [-0.2, -0.15) is 0 Å². The molecule has 3 N–H and O–H groups in total. The summed E-state index contributed by atoms with van der Waals surface area (Å²) in [7, 11) is 0. The van der Waals surface area contributed by atoms with Crippen molar-refractivity contribution in [3.05, 3.63) is 126 Å². The first-order valence-electron chi connectivity index (χ1n) is 15.0. The van der Waals surface area contributed by atoms with Gasteiger partial charge in [-0.25, -0.2) is 4.98 Å². The smallest absolute Gasteiger partial charge is 0.275 e. The number of aliphatic hydroxyl groups is 1. The minimum absolute atomic E-state index is 0.0244. The van der Waals surface area contributed by atoms with Gasteiger partial charge in [0.1, 0.15) is 5.69 Å². The predicted molar refractivity (Wildman–Crippen MR) is 178 cm³/mol. The molecule has 1 fully saturated rings. The average molecular weight is 635 g/mol. The molecule has 2 amide bonds. The highest BCUT2D eigenvalue weighted by Crippen LogP contribution is 2.43. The van der Waals surface area contributed by atoms with Gasteiger partial charge in [-0.1, -0.05) is 55.5 Å². The van der Waals surface area contributed by atoms with Crippen molar-refractivity contribution in [1.82, 2.24) is 9.97 Å². The number of para-hydroxylation sites is 2. The number of carbonyl (C=O) groups excluding carboxylic acids is 2. The molecule has 2 heterocycles. The highest BCUT2D eigenvalue weighted by atomic mass is 32.2. The van der Waals surface area contributed by atoms with Gasteiger partial charge in [0.25, 0.3) is 5.91 Å². The van der Waals surface area contributed by atoms with Crippen LogP contribution in [-0.2, 0) is 20.9 Å². The van der Waals surface area contributed by atoms with Crippen molar-refractivity contribution in [2.45, 2.75) is 43.8 Å². The summed E-state index contributed by atoms with van der Waals surface area (Å²) in [6.45, 7) is 3.59. The molecule has 46 heavy (non-hydrogen) atoms. The number of hydrogen-bond donors (Lipinski definition) is 3. The number of ether oxygens (including phenoxy) is 2. The molecule has 1 aliphatic heterocycles. The number of amides is 2. The molecule has 4 unspecified atom stereocenters. The van der Waals surface area contributed by atoms with E-state index in [1.807, 2.05) is 97.1 Å². The highest BCUT2D eigenvalue weighted by Gasteiger charge is 2.38. The molecule has 1 aromatic heterocycles. The third-order valence-corrected chi connectivity index (χ3v) is 8.93. The Balaban J connectivity index is 1.18. The zero-order chi connectivity index (χ0) is 32.0. The first-order chi connectivity index (χ1) is 22.4. The fraction of sp³-hybridized carbons (Fsp3) is 0.222. The Morgan fingerprint density at radius 1 is 0.826 bits per heavy atom. The van der Waals surface area contributed by atoms with Gasteiger partial charge < -0.3 is 25.2 Å². The molecular weight excluding hydrogens is 600 g/mol. The van der Waals surface area contributed by atoms with Gasteiger partial charge >= 0.3 is 0 Å². The van der Waals surface area contributed by atoms with Crippen LogP contribution in [0.4, 0.5) is 11.4 Å². The van der Waals surface area contributed by atoms with Crippen molar-refractivity contribution < 1.29 is 24.2 Å². The van der Waals surface area contributed by atoms with Gasteiger partial charge in [0.2, 0.25) is 5.91 Å². The molecule has 0 spiro atoms. The van der Waals surface area contributed by atoms with Crippen molar-refractivity contribution in [2.75, 3.05) is 16.4 Å². The Labute approximate surface area is 271 Å². The zero-order valence-electron chi connectivity index (χ0n) is 25.4. The van der Waals surface area contributed by atoms with Gasteiger partial charge in [0.15, 0.2) is 6.29 Å². The maximum Gasteiger partial charge on any atom is 0.275 e. The number of anilines is 2. The molecule has 5 aromatic rings. The number of nitrogens with one attached hydrogen (secondary N) is 2. The van der Waals surface area contributed by atoms with Crippen molar-refractivity contribution in [3.8, 4) is 0 Å². The lowest BCUT2D eigenvalue weighted by Crippen LogP contribution is -2.38. The summed E-state index contributed by atoms with van der Waals surface area (Å²) in [5.41, 5.74) is 5.64. The summed E-state index contributed by atoms with van der Waals surface area (Å²) < 4.78 is 13.1. The monoisotopic (exact) mass is 634 g/mol. The molecule has 0 saturated carbocycles. The van der Waals surface area contributed by atoms with Gasteiger partial charge in [0, 0.05) is 40.4 Å². The number of thioether (sulfide) groups is 1. The fourth-order valence-corrected chi connectivity index (χ4v) is 6.38. The van der Waals surface area contributed by atoms with E-state index in [0.29, 0.717) is 17.0 Å². The lowest BCUT2D eigenvalue weighted by molar-refractivity contribution is -0.268. The Kier molecular flexibility index (Phi) is 9.70. The summed E-state index contributed by atoms with van der Waals surface area (Å²) in [5, 5.41) is 15.2. The van der Waals surface area contributed by atoms with Crippen LogP contribution in [0.15, 0.2) is 108 Å². The molecule has 0 bridgehead atoms. The van der Waals surface area contributed by atoms with Crippen LogP contribution in [0.25, 0.3) is 11.0 Å². The van der Waals surface area contributed by atoms with Crippen LogP contribution in [0, 0.1) is 5.92 Å². The number of benzene rings is 4. The second kappa shape index (κ2) is 14.2. The molecule has 1 saturated heterocycles. The number of hydrogen-bond acceptors (Lipinski definition) is 8. The molecule has 1 aliphatic rings.